The Morgan fingerprint density at radius 2 is 1.76 bits per heavy atom. The Hall–Kier alpha value is -4.17. The van der Waals surface area contributed by atoms with Crippen molar-refractivity contribution in [3.63, 3.8) is 0 Å². The van der Waals surface area contributed by atoms with Crippen LogP contribution in [0.5, 0.6) is 11.5 Å². The van der Waals surface area contributed by atoms with Crippen LogP contribution in [0.25, 0.3) is 11.8 Å². The van der Waals surface area contributed by atoms with Crippen LogP contribution in [0.2, 0.25) is 0 Å². The largest absolute Gasteiger partial charge is 0.497 e. The fraction of sp³-hybridized carbons (Fsp3) is 0.233. The number of hydrogen-bond donors (Lipinski definition) is 0. The summed E-state index contributed by atoms with van der Waals surface area (Å²) in [5.41, 5.74) is 5.69. The van der Waals surface area contributed by atoms with Gasteiger partial charge in [-0.1, -0.05) is 29.5 Å². The summed E-state index contributed by atoms with van der Waals surface area (Å²) < 4.78 is 15.4. The van der Waals surface area contributed by atoms with Gasteiger partial charge in [-0.05, 0) is 69.7 Å². The molecule has 0 bridgehead atoms. The minimum absolute atomic E-state index is 0.144. The predicted octanol–water partition coefficient (Wildman–Crippen LogP) is 4.25. The number of aryl methyl sites for hydroxylation is 1. The average molecular weight is 528 g/mol. The lowest BCUT2D eigenvalue weighted by Crippen LogP contribution is -2.39. The van der Waals surface area contributed by atoms with Gasteiger partial charge in [0.25, 0.3) is 5.56 Å². The number of carbonyl (C=O) groups excluding carboxylic acids is 1. The Morgan fingerprint density at radius 1 is 1.03 bits per heavy atom. The standard InChI is InChI=1S/C30H29N3O4S/c1-17-14-21(19(3)32(17)22-10-8-7-9-11-22)15-26-29(35)33-28(24-13-12-23(36-5)16-25(24)37-6)27(20(4)34)18(2)31-30(33)38-26/h7-16,28H,1-6H3. The molecular formula is C30H29N3O4S. The Kier molecular flexibility index (Phi) is 6.67. The van der Waals surface area contributed by atoms with Crippen LogP contribution in [0.1, 0.15) is 42.4 Å². The number of benzene rings is 2. The minimum atomic E-state index is -0.663. The third kappa shape index (κ3) is 4.20. The van der Waals surface area contributed by atoms with Crippen LogP contribution >= 0.6 is 11.3 Å². The highest BCUT2D eigenvalue weighted by atomic mass is 32.1. The van der Waals surface area contributed by atoms with Crippen molar-refractivity contribution in [2.45, 2.75) is 33.7 Å². The third-order valence-corrected chi connectivity index (χ3v) is 7.89. The van der Waals surface area contributed by atoms with Gasteiger partial charge in [-0.25, -0.2) is 4.99 Å². The van der Waals surface area contributed by atoms with Gasteiger partial charge >= 0.3 is 0 Å². The number of rotatable bonds is 6. The van der Waals surface area contributed by atoms with Gasteiger partial charge in [0.2, 0.25) is 0 Å². The van der Waals surface area contributed by atoms with Gasteiger partial charge < -0.3 is 14.0 Å². The Balaban J connectivity index is 1.73. The van der Waals surface area contributed by atoms with E-state index in [1.807, 2.05) is 44.2 Å². The molecule has 8 heteroatoms. The molecule has 0 saturated carbocycles. The second-order valence-corrected chi connectivity index (χ2v) is 10.3. The zero-order valence-electron chi connectivity index (χ0n) is 22.2. The maximum absolute atomic E-state index is 13.9. The van der Waals surface area contributed by atoms with Crippen LogP contribution in [-0.4, -0.2) is 29.1 Å². The molecule has 1 aliphatic heterocycles. The smallest absolute Gasteiger partial charge is 0.271 e. The number of Topliss-reactive ketones (excluding diaryl/α,β-unsaturated/α-hetero) is 1. The number of nitrogens with zero attached hydrogens (tertiary/aromatic N) is 3. The number of hydrogen-bond acceptors (Lipinski definition) is 6. The number of methoxy groups -OCH3 is 2. The van der Waals surface area contributed by atoms with Gasteiger partial charge in [-0.2, -0.15) is 0 Å². The van der Waals surface area contributed by atoms with E-state index in [9.17, 15) is 9.59 Å². The van der Waals surface area contributed by atoms with Gasteiger partial charge in [0.05, 0.1) is 24.8 Å². The molecule has 0 aliphatic carbocycles. The first kappa shape index (κ1) is 25.5. The van der Waals surface area contributed by atoms with Gasteiger partial charge in [0, 0.05) is 40.0 Å². The van der Waals surface area contributed by atoms with E-state index in [4.69, 9.17) is 9.47 Å². The molecule has 0 N–H and O–H groups in total. The fourth-order valence-corrected chi connectivity index (χ4v) is 6.20. The summed E-state index contributed by atoms with van der Waals surface area (Å²) in [7, 11) is 3.14. The maximum Gasteiger partial charge on any atom is 0.271 e. The molecule has 1 unspecified atom stereocenters. The fourth-order valence-electron chi connectivity index (χ4n) is 5.16. The Bertz CT molecular complexity index is 1770. The summed E-state index contributed by atoms with van der Waals surface area (Å²) in [4.78, 5) is 32.0. The van der Waals surface area contributed by atoms with Crippen LogP contribution in [0.15, 0.2) is 75.7 Å². The summed E-state index contributed by atoms with van der Waals surface area (Å²) in [5.74, 6) is 1.01. The molecule has 4 aromatic rings. The highest BCUT2D eigenvalue weighted by molar-refractivity contribution is 7.07. The summed E-state index contributed by atoms with van der Waals surface area (Å²) in [5, 5.41) is 0. The number of aromatic nitrogens is 2. The van der Waals surface area contributed by atoms with Crippen molar-refractivity contribution >= 4 is 23.2 Å². The molecule has 0 spiro atoms. The zero-order valence-corrected chi connectivity index (χ0v) is 23.1. The number of ether oxygens (including phenoxy) is 2. The SMILES string of the molecule is COc1ccc(C2C(C(C)=O)=C(C)N=c3sc(=Cc4cc(C)n(-c5ccccc5)c4C)c(=O)n32)c(OC)c1. The van der Waals surface area contributed by atoms with Crippen molar-refractivity contribution in [2.24, 2.45) is 4.99 Å². The van der Waals surface area contributed by atoms with Gasteiger partial charge in [0.1, 0.15) is 11.5 Å². The molecule has 1 atom stereocenters. The Morgan fingerprint density at radius 3 is 2.42 bits per heavy atom. The number of carbonyl (C=O) groups is 1. The highest BCUT2D eigenvalue weighted by Crippen LogP contribution is 2.37. The lowest BCUT2D eigenvalue weighted by molar-refractivity contribution is -0.114. The van der Waals surface area contributed by atoms with Crippen LogP contribution in [-0.2, 0) is 4.79 Å². The van der Waals surface area contributed by atoms with E-state index < -0.39 is 6.04 Å². The van der Waals surface area contributed by atoms with Crippen LogP contribution in [0.4, 0.5) is 0 Å². The van der Waals surface area contributed by atoms with E-state index in [0.29, 0.717) is 37.7 Å². The van der Waals surface area contributed by atoms with E-state index in [2.05, 4.69) is 34.7 Å². The van der Waals surface area contributed by atoms with Crippen LogP contribution in [0.3, 0.4) is 0 Å². The van der Waals surface area contributed by atoms with Crippen LogP contribution < -0.4 is 24.4 Å². The molecule has 3 heterocycles. The van der Waals surface area contributed by atoms with Crippen molar-refractivity contribution < 1.29 is 14.3 Å². The molecule has 0 fully saturated rings. The number of allylic oxidation sites excluding steroid dienone is 2. The van der Waals surface area contributed by atoms with E-state index in [-0.39, 0.29) is 11.3 Å². The molecule has 2 aromatic heterocycles. The highest BCUT2D eigenvalue weighted by Gasteiger charge is 2.32. The summed E-state index contributed by atoms with van der Waals surface area (Å²) >= 11 is 1.32. The zero-order chi connectivity index (χ0) is 27.1. The maximum atomic E-state index is 13.9. The lowest BCUT2D eigenvalue weighted by Gasteiger charge is -2.26. The first-order valence-corrected chi connectivity index (χ1v) is 13.1. The minimum Gasteiger partial charge on any atom is -0.497 e. The molecule has 0 radical (unpaired) electrons. The van der Waals surface area contributed by atoms with E-state index >= 15 is 0 Å². The Labute approximate surface area is 224 Å². The third-order valence-electron chi connectivity index (χ3n) is 6.91. The van der Waals surface area contributed by atoms with Crippen molar-refractivity contribution in [2.75, 3.05) is 14.2 Å². The number of thiazole rings is 1. The second kappa shape index (κ2) is 9.95. The summed E-state index contributed by atoms with van der Waals surface area (Å²) in [6, 6.07) is 17.0. The molecule has 5 rings (SSSR count). The number of para-hydroxylation sites is 1. The molecule has 7 nitrogen and oxygen atoms in total. The average Bonchev–Trinajstić information content (AvgIpc) is 3.36. The number of fused-ring (bicyclic) bond motifs is 1. The molecule has 1 aliphatic rings. The first-order valence-electron chi connectivity index (χ1n) is 12.2. The molecular weight excluding hydrogens is 498 g/mol. The molecule has 0 saturated heterocycles. The van der Waals surface area contributed by atoms with Crippen molar-refractivity contribution in [1.82, 2.24) is 9.13 Å². The quantitative estimate of drug-likeness (QED) is 0.376. The van der Waals surface area contributed by atoms with Crippen LogP contribution in [0, 0.1) is 13.8 Å². The van der Waals surface area contributed by atoms with E-state index in [0.717, 1.165) is 22.6 Å². The second-order valence-electron chi connectivity index (χ2n) is 9.24. The summed E-state index contributed by atoms with van der Waals surface area (Å²) in [6.07, 6.45) is 1.92. The predicted molar refractivity (Wildman–Crippen MR) is 149 cm³/mol. The van der Waals surface area contributed by atoms with Gasteiger partial charge in [-0.3, -0.25) is 14.2 Å². The van der Waals surface area contributed by atoms with Crippen molar-refractivity contribution in [3.05, 3.63) is 108 Å². The monoisotopic (exact) mass is 527 g/mol. The number of ketones is 1. The van der Waals surface area contributed by atoms with E-state index in [1.165, 1.54) is 18.3 Å². The van der Waals surface area contributed by atoms with E-state index in [1.54, 1.807) is 30.9 Å². The first-order chi connectivity index (χ1) is 18.2. The van der Waals surface area contributed by atoms with Gasteiger partial charge in [-0.15, -0.1) is 0 Å². The van der Waals surface area contributed by atoms with Crippen molar-refractivity contribution in [1.29, 1.82) is 0 Å². The molecule has 194 valence electrons. The molecule has 0 amide bonds. The topological polar surface area (TPSA) is 74.8 Å². The van der Waals surface area contributed by atoms with Crippen molar-refractivity contribution in [3.8, 4) is 17.2 Å². The summed E-state index contributed by atoms with van der Waals surface area (Å²) in [6.45, 7) is 7.42. The normalized spacial score (nSPS) is 15.3. The lowest BCUT2D eigenvalue weighted by atomic mass is 9.92. The molecule has 38 heavy (non-hydrogen) atoms. The van der Waals surface area contributed by atoms with Gasteiger partial charge in [0.15, 0.2) is 10.6 Å². The molecule has 2 aromatic carbocycles.